The van der Waals surface area contributed by atoms with Gasteiger partial charge in [0.05, 0.1) is 0 Å². The Labute approximate surface area is 340 Å². The van der Waals surface area contributed by atoms with Crippen LogP contribution in [-0.4, -0.2) is 9.55 Å². The summed E-state index contributed by atoms with van der Waals surface area (Å²) in [5.41, 5.74) is 8.71. The SMILES string of the molecule is CC(C)(C)C1=CN(c2ccc(C(C)(C)c3ccccc3)cc2)[CH-]N1c1[c-]c(Oc2[c-]c3c(cc2)c2ccccc2n3-c2cc(C(C)(C)C)ccn2)ccc1.[Pt]. The summed E-state index contributed by atoms with van der Waals surface area (Å²) in [7, 11) is 0. The van der Waals surface area contributed by atoms with E-state index in [0.29, 0.717) is 11.5 Å². The van der Waals surface area contributed by atoms with Crippen molar-refractivity contribution in [1.29, 1.82) is 0 Å². The van der Waals surface area contributed by atoms with Crippen LogP contribution in [0.25, 0.3) is 27.6 Å². The zero-order valence-electron chi connectivity index (χ0n) is 32.8. The van der Waals surface area contributed by atoms with Gasteiger partial charge in [-0.2, -0.15) is 12.1 Å². The molecule has 0 atom stereocenters. The average Bonchev–Trinajstić information content (AvgIpc) is 3.76. The quantitative estimate of drug-likeness (QED) is 0.149. The molecule has 8 rings (SSSR count). The summed E-state index contributed by atoms with van der Waals surface area (Å²) >= 11 is 0. The molecular formula is C49H47N4OPt-3. The molecule has 1 aliphatic rings. The molecule has 7 aromatic rings. The van der Waals surface area contributed by atoms with Gasteiger partial charge in [0.25, 0.3) is 0 Å². The molecule has 0 fully saturated rings. The second kappa shape index (κ2) is 14.5. The Bertz CT molecular complexity index is 2500. The molecule has 0 bridgehead atoms. The van der Waals surface area contributed by atoms with Crippen molar-refractivity contribution in [1.82, 2.24) is 9.55 Å². The maximum atomic E-state index is 6.55. The first-order valence-electron chi connectivity index (χ1n) is 18.7. The molecule has 3 heterocycles. The van der Waals surface area contributed by atoms with Gasteiger partial charge in [-0.05, 0) is 64.0 Å². The number of hydrogen-bond acceptors (Lipinski definition) is 4. The first-order valence-corrected chi connectivity index (χ1v) is 18.7. The van der Waals surface area contributed by atoms with Crippen molar-refractivity contribution in [3.8, 4) is 17.3 Å². The van der Waals surface area contributed by atoms with Crippen LogP contribution in [0, 0.1) is 24.2 Å². The largest absolute Gasteiger partial charge is 0.509 e. The van der Waals surface area contributed by atoms with E-state index >= 15 is 0 Å². The third-order valence-electron chi connectivity index (χ3n) is 10.5. The van der Waals surface area contributed by atoms with E-state index in [0.717, 1.165) is 44.7 Å². The molecule has 0 unspecified atom stereocenters. The topological polar surface area (TPSA) is 33.5 Å². The van der Waals surface area contributed by atoms with Gasteiger partial charge < -0.3 is 19.1 Å². The first-order chi connectivity index (χ1) is 25.8. The first kappa shape index (κ1) is 38.2. The fourth-order valence-electron chi connectivity index (χ4n) is 7.31. The molecule has 0 saturated heterocycles. The molecule has 55 heavy (non-hydrogen) atoms. The molecule has 6 heteroatoms. The van der Waals surface area contributed by atoms with Gasteiger partial charge in [0.15, 0.2) is 0 Å². The van der Waals surface area contributed by atoms with Crippen molar-refractivity contribution in [2.75, 3.05) is 9.80 Å². The standard InChI is InChI=1S/C49H47N4O.Pt/c1-47(2,3)36-27-28-50-46(29-36)53-43-20-13-12-19-41(43)42-26-25-40(31-44(42)53)54-39-18-14-17-38(30-39)52-33-51(32-45(52)48(4,5)6)37-23-21-35(22-24-37)49(7,8)34-15-10-9-11-16-34;/h9-29,32-33H,1-8H3;/q-3;. The van der Waals surface area contributed by atoms with Gasteiger partial charge in [-0.1, -0.05) is 122 Å². The smallest absolute Gasteiger partial charge is 0.135 e. The normalized spacial score (nSPS) is 13.6. The molecule has 5 aromatic carbocycles. The van der Waals surface area contributed by atoms with E-state index in [1.807, 2.05) is 24.4 Å². The van der Waals surface area contributed by atoms with E-state index in [9.17, 15) is 0 Å². The Balaban J connectivity index is 0.00000465. The van der Waals surface area contributed by atoms with Crippen molar-refractivity contribution >= 4 is 33.2 Å². The van der Waals surface area contributed by atoms with Crippen LogP contribution in [0.2, 0.25) is 0 Å². The summed E-state index contributed by atoms with van der Waals surface area (Å²) in [4.78, 5) is 9.24. The molecule has 282 valence electrons. The molecule has 5 nitrogen and oxygen atoms in total. The maximum absolute atomic E-state index is 6.55. The fraction of sp³-hybridized carbons (Fsp3) is 0.224. The van der Waals surface area contributed by atoms with Gasteiger partial charge in [-0.25, -0.2) is 4.98 Å². The van der Waals surface area contributed by atoms with Crippen LogP contribution < -0.4 is 14.5 Å². The van der Waals surface area contributed by atoms with E-state index in [1.54, 1.807) is 0 Å². The number of anilines is 2. The number of para-hydroxylation sites is 1. The van der Waals surface area contributed by atoms with Gasteiger partial charge in [0.2, 0.25) is 0 Å². The summed E-state index contributed by atoms with van der Waals surface area (Å²) in [6, 6.07) is 49.7. The Morgan fingerprint density at radius 2 is 1.31 bits per heavy atom. The maximum Gasteiger partial charge on any atom is 0.135 e. The molecule has 0 N–H and O–H groups in total. The second-order valence-electron chi connectivity index (χ2n) is 16.8. The summed E-state index contributed by atoms with van der Waals surface area (Å²) in [5, 5.41) is 2.25. The molecule has 2 aromatic heterocycles. The van der Waals surface area contributed by atoms with Gasteiger partial charge in [0.1, 0.15) is 5.82 Å². The third kappa shape index (κ3) is 7.35. The van der Waals surface area contributed by atoms with Crippen molar-refractivity contribution in [2.24, 2.45) is 5.41 Å². The van der Waals surface area contributed by atoms with E-state index in [-0.39, 0.29) is 37.3 Å². The number of aromatic nitrogens is 2. The molecule has 0 saturated carbocycles. The number of hydrogen-bond donors (Lipinski definition) is 0. The van der Waals surface area contributed by atoms with Crippen LogP contribution in [-0.2, 0) is 31.9 Å². The van der Waals surface area contributed by atoms with Crippen LogP contribution in [0.4, 0.5) is 11.4 Å². The van der Waals surface area contributed by atoms with Crippen LogP contribution in [0.1, 0.15) is 72.1 Å². The molecule has 0 amide bonds. The number of benzene rings is 5. The third-order valence-corrected chi connectivity index (χ3v) is 10.5. The van der Waals surface area contributed by atoms with Gasteiger partial charge >= 0.3 is 0 Å². The molecule has 0 aliphatic carbocycles. The van der Waals surface area contributed by atoms with Crippen LogP contribution in [0.15, 0.2) is 139 Å². The van der Waals surface area contributed by atoms with Crippen LogP contribution >= 0.6 is 0 Å². The Hall–Kier alpha value is -5.12. The summed E-state index contributed by atoms with van der Waals surface area (Å²) < 4.78 is 8.74. The van der Waals surface area contributed by atoms with Crippen molar-refractivity contribution < 1.29 is 25.8 Å². The number of pyridine rings is 1. The average molecular weight is 903 g/mol. The molecule has 0 radical (unpaired) electrons. The van der Waals surface area contributed by atoms with Crippen LogP contribution in [0.5, 0.6) is 11.5 Å². The number of rotatable bonds is 7. The van der Waals surface area contributed by atoms with Gasteiger partial charge in [0, 0.05) is 66.5 Å². The fourth-order valence-corrected chi connectivity index (χ4v) is 7.31. The predicted molar refractivity (Wildman–Crippen MR) is 223 cm³/mol. The number of allylic oxidation sites excluding steroid dienone is 1. The number of fused-ring (bicyclic) bond motifs is 3. The second-order valence-corrected chi connectivity index (χ2v) is 16.8. The van der Waals surface area contributed by atoms with Gasteiger partial charge in [-0.15, -0.1) is 48.1 Å². The van der Waals surface area contributed by atoms with Crippen molar-refractivity contribution in [3.63, 3.8) is 0 Å². The zero-order chi connectivity index (χ0) is 37.8. The summed E-state index contributed by atoms with van der Waals surface area (Å²) in [5.74, 6) is 2.09. The molecule has 0 spiro atoms. The number of nitrogens with zero attached hydrogens (tertiary/aromatic N) is 4. The van der Waals surface area contributed by atoms with Gasteiger partial charge in [-0.3, -0.25) is 0 Å². The molecule has 1 aliphatic heterocycles. The monoisotopic (exact) mass is 902 g/mol. The van der Waals surface area contributed by atoms with E-state index in [2.05, 4.69) is 198 Å². The van der Waals surface area contributed by atoms with Crippen molar-refractivity contribution in [2.45, 2.75) is 66.2 Å². The number of ether oxygens (including phenoxy) is 1. The Kier molecular flexibility index (Phi) is 10.1. The minimum absolute atomic E-state index is 0. The Morgan fingerprint density at radius 1 is 0.618 bits per heavy atom. The van der Waals surface area contributed by atoms with Crippen LogP contribution in [0.3, 0.4) is 0 Å². The minimum atomic E-state index is -0.129. The minimum Gasteiger partial charge on any atom is -0.509 e. The summed E-state index contributed by atoms with van der Waals surface area (Å²) in [6.45, 7) is 20.1. The summed E-state index contributed by atoms with van der Waals surface area (Å²) in [6.07, 6.45) is 4.12. The predicted octanol–water partition coefficient (Wildman–Crippen LogP) is 12.5. The van der Waals surface area contributed by atoms with Crippen molar-refractivity contribution in [3.05, 3.63) is 175 Å². The van der Waals surface area contributed by atoms with E-state index in [1.165, 1.54) is 16.7 Å². The van der Waals surface area contributed by atoms with E-state index in [4.69, 9.17) is 9.72 Å². The Morgan fingerprint density at radius 3 is 2.04 bits per heavy atom. The molecular weight excluding hydrogens is 856 g/mol. The zero-order valence-corrected chi connectivity index (χ0v) is 35.1. The van der Waals surface area contributed by atoms with E-state index < -0.39 is 0 Å².